The molecular formula is C27H22ClN3O5. The number of amides is 1. The van der Waals surface area contributed by atoms with Crippen LogP contribution in [0.2, 0.25) is 5.02 Å². The maximum Gasteiger partial charge on any atom is 0.303 e. The molecule has 36 heavy (non-hydrogen) atoms. The molecule has 1 aliphatic rings. The van der Waals surface area contributed by atoms with Crippen LogP contribution in [0, 0.1) is 0 Å². The van der Waals surface area contributed by atoms with Crippen molar-refractivity contribution in [2.75, 3.05) is 0 Å². The fourth-order valence-corrected chi connectivity index (χ4v) is 4.79. The number of pyridine rings is 1. The molecule has 0 aliphatic carbocycles. The molecule has 182 valence electrons. The molecule has 1 amide bonds. The molecule has 0 spiro atoms. The van der Waals surface area contributed by atoms with Gasteiger partial charge in [0, 0.05) is 35.9 Å². The number of carboxylic acid groups (broad SMARTS) is 1. The number of furan rings is 1. The normalized spacial score (nSPS) is 15.3. The summed E-state index contributed by atoms with van der Waals surface area (Å²) in [6.07, 6.45) is 1.18. The number of carbonyl (C=O) groups excluding carboxylic acids is 1. The number of nitrogens with zero attached hydrogens (tertiary/aromatic N) is 3. The summed E-state index contributed by atoms with van der Waals surface area (Å²) in [5.41, 5.74) is 2.71. The van der Waals surface area contributed by atoms with Gasteiger partial charge in [-0.15, -0.1) is 0 Å². The molecule has 1 atom stereocenters. The van der Waals surface area contributed by atoms with Crippen LogP contribution in [-0.2, 0) is 16.6 Å². The zero-order valence-electron chi connectivity index (χ0n) is 19.3. The Bertz CT molecular complexity index is 1560. The summed E-state index contributed by atoms with van der Waals surface area (Å²) in [6.45, 7) is 0. The van der Waals surface area contributed by atoms with Crippen LogP contribution in [0.4, 0.5) is 0 Å². The third-order valence-corrected chi connectivity index (χ3v) is 6.53. The first-order chi connectivity index (χ1) is 17.3. The quantitative estimate of drug-likeness (QED) is 0.399. The fraction of sp³-hybridized carbons (Fsp3) is 0.185. The van der Waals surface area contributed by atoms with Crippen LogP contribution in [0.5, 0.6) is 0 Å². The van der Waals surface area contributed by atoms with E-state index in [2.05, 4.69) is 5.10 Å². The molecule has 1 unspecified atom stereocenters. The summed E-state index contributed by atoms with van der Waals surface area (Å²) in [4.78, 5) is 37.9. The molecule has 9 heteroatoms. The van der Waals surface area contributed by atoms with Crippen molar-refractivity contribution < 1.29 is 19.1 Å². The number of benzene rings is 2. The summed E-state index contributed by atoms with van der Waals surface area (Å²) in [7, 11) is 1.69. The Morgan fingerprint density at radius 3 is 2.56 bits per heavy atom. The minimum atomic E-state index is -1.08. The number of rotatable bonds is 6. The zero-order chi connectivity index (χ0) is 25.4. The third-order valence-electron chi connectivity index (χ3n) is 6.30. The molecule has 1 N–H and O–H groups in total. The number of aryl methyl sites for hydroxylation is 1. The molecule has 2 aromatic heterocycles. The van der Waals surface area contributed by atoms with E-state index in [0.29, 0.717) is 33.1 Å². The molecule has 5 rings (SSSR count). The van der Waals surface area contributed by atoms with Crippen LogP contribution in [0.25, 0.3) is 22.0 Å². The molecule has 2 aromatic carbocycles. The second-order valence-corrected chi connectivity index (χ2v) is 8.99. The molecule has 0 bridgehead atoms. The average molecular weight is 504 g/mol. The van der Waals surface area contributed by atoms with Crippen molar-refractivity contribution in [3.63, 3.8) is 0 Å². The predicted molar refractivity (Wildman–Crippen MR) is 136 cm³/mol. The Hall–Kier alpha value is -4.17. The van der Waals surface area contributed by atoms with Gasteiger partial charge in [0.1, 0.15) is 11.8 Å². The highest BCUT2D eigenvalue weighted by molar-refractivity contribution is 6.31. The molecule has 1 aliphatic heterocycles. The van der Waals surface area contributed by atoms with Crippen LogP contribution in [0.15, 0.2) is 81.2 Å². The maximum atomic E-state index is 13.8. The summed E-state index contributed by atoms with van der Waals surface area (Å²) < 4.78 is 7.13. The van der Waals surface area contributed by atoms with E-state index in [9.17, 15) is 14.4 Å². The number of halogens is 1. The zero-order valence-corrected chi connectivity index (χ0v) is 20.1. The van der Waals surface area contributed by atoms with E-state index in [4.69, 9.17) is 21.1 Å². The van der Waals surface area contributed by atoms with Crippen LogP contribution in [0.1, 0.15) is 36.6 Å². The van der Waals surface area contributed by atoms with Gasteiger partial charge in [0.15, 0.2) is 0 Å². The molecule has 4 aromatic rings. The maximum absolute atomic E-state index is 13.8. The van der Waals surface area contributed by atoms with Gasteiger partial charge in [0.05, 0.1) is 29.5 Å². The van der Waals surface area contributed by atoms with Crippen LogP contribution in [-0.4, -0.2) is 32.3 Å². The van der Waals surface area contributed by atoms with Gasteiger partial charge in [-0.1, -0.05) is 41.9 Å². The highest BCUT2D eigenvalue weighted by atomic mass is 35.5. The van der Waals surface area contributed by atoms with E-state index in [1.54, 1.807) is 35.9 Å². The first-order valence-electron chi connectivity index (χ1n) is 11.4. The van der Waals surface area contributed by atoms with Gasteiger partial charge in [-0.25, -0.2) is 5.01 Å². The van der Waals surface area contributed by atoms with Crippen molar-refractivity contribution in [3.05, 3.63) is 93.6 Å². The highest BCUT2D eigenvalue weighted by Crippen LogP contribution is 2.38. The van der Waals surface area contributed by atoms with Gasteiger partial charge in [0.25, 0.3) is 5.56 Å². The fourth-order valence-electron chi connectivity index (χ4n) is 4.61. The molecule has 0 radical (unpaired) electrons. The number of hydrogen-bond acceptors (Lipinski definition) is 5. The smallest absolute Gasteiger partial charge is 0.303 e. The minimum Gasteiger partial charge on any atom is -0.481 e. The Morgan fingerprint density at radius 2 is 1.86 bits per heavy atom. The third kappa shape index (κ3) is 4.20. The van der Waals surface area contributed by atoms with E-state index < -0.39 is 17.9 Å². The first kappa shape index (κ1) is 23.6. The second kappa shape index (κ2) is 9.47. The lowest BCUT2D eigenvalue weighted by Crippen LogP contribution is -2.27. The average Bonchev–Trinajstić information content (AvgIpc) is 3.55. The van der Waals surface area contributed by atoms with E-state index in [1.165, 1.54) is 11.3 Å². The van der Waals surface area contributed by atoms with E-state index in [1.807, 2.05) is 36.4 Å². The van der Waals surface area contributed by atoms with E-state index in [0.717, 1.165) is 10.9 Å². The minimum absolute atomic E-state index is 0.222. The summed E-state index contributed by atoms with van der Waals surface area (Å²) in [5, 5.41) is 16.2. The Labute approximate surface area is 211 Å². The number of carbonyl (C=O) groups is 2. The van der Waals surface area contributed by atoms with Gasteiger partial charge in [-0.3, -0.25) is 14.4 Å². The van der Waals surface area contributed by atoms with Crippen molar-refractivity contribution in [1.29, 1.82) is 0 Å². The number of hydrogen-bond donors (Lipinski definition) is 1. The van der Waals surface area contributed by atoms with E-state index in [-0.39, 0.29) is 24.8 Å². The van der Waals surface area contributed by atoms with Gasteiger partial charge in [-0.05, 0) is 35.9 Å². The number of aliphatic carboxylic acids is 1. The lowest BCUT2D eigenvalue weighted by molar-refractivity contribution is -0.141. The SMILES string of the molecule is Cn1c(=O)c(C2=NN(C(=O)CCC(=O)O)C(c3ccco3)C2)c(-c2ccccc2)c2cc(Cl)ccc21. The van der Waals surface area contributed by atoms with Gasteiger partial charge < -0.3 is 14.1 Å². The van der Waals surface area contributed by atoms with Gasteiger partial charge in [-0.2, -0.15) is 5.10 Å². The molecule has 0 fully saturated rings. The summed E-state index contributed by atoms with van der Waals surface area (Å²) in [5.74, 6) is -1.04. The summed E-state index contributed by atoms with van der Waals surface area (Å²) >= 11 is 6.37. The first-order valence-corrected chi connectivity index (χ1v) is 11.8. The monoisotopic (exact) mass is 503 g/mol. The van der Waals surface area contributed by atoms with E-state index >= 15 is 0 Å². The van der Waals surface area contributed by atoms with Crippen LogP contribution >= 0.6 is 11.6 Å². The topological polar surface area (TPSA) is 105 Å². The van der Waals surface area contributed by atoms with Crippen molar-refractivity contribution >= 4 is 40.1 Å². The van der Waals surface area contributed by atoms with Crippen LogP contribution < -0.4 is 5.56 Å². The predicted octanol–water partition coefficient (Wildman–Crippen LogP) is 4.99. The summed E-state index contributed by atoms with van der Waals surface area (Å²) in [6, 6.07) is 17.7. The molecule has 0 saturated carbocycles. The Kier molecular flexibility index (Phi) is 6.20. The van der Waals surface area contributed by atoms with Gasteiger partial charge in [0.2, 0.25) is 5.91 Å². The number of carboxylic acids is 1. The lowest BCUT2D eigenvalue weighted by atomic mass is 9.91. The van der Waals surface area contributed by atoms with Crippen molar-refractivity contribution in [3.8, 4) is 11.1 Å². The number of fused-ring (bicyclic) bond motifs is 1. The Morgan fingerprint density at radius 1 is 1.08 bits per heavy atom. The van der Waals surface area contributed by atoms with Gasteiger partial charge >= 0.3 is 5.97 Å². The standard InChI is InChI=1S/C27H22ClN3O5/c1-30-20-10-9-17(28)14-18(20)25(16-6-3-2-4-7-16)26(27(30)35)19-15-21(22-8-5-13-36-22)31(29-19)23(32)11-12-24(33)34/h2-10,13-14,21H,11-12,15H2,1H3,(H,33,34). The Balaban J connectivity index is 1.73. The van der Waals surface area contributed by atoms with Crippen molar-refractivity contribution in [2.24, 2.45) is 12.1 Å². The largest absolute Gasteiger partial charge is 0.481 e. The second-order valence-electron chi connectivity index (χ2n) is 8.56. The van der Waals surface area contributed by atoms with Crippen molar-refractivity contribution in [2.45, 2.75) is 25.3 Å². The van der Waals surface area contributed by atoms with Crippen LogP contribution in [0.3, 0.4) is 0 Å². The molecule has 3 heterocycles. The molecule has 8 nitrogen and oxygen atoms in total. The highest BCUT2D eigenvalue weighted by Gasteiger charge is 2.37. The lowest BCUT2D eigenvalue weighted by Gasteiger charge is -2.19. The van der Waals surface area contributed by atoms with Crippen molar-refractivity contribution in [1.82, 2.24) is 9.58 Å². The molecular weight excluding hydrogens is 482 g/mol. The molecule has 0 saturated heterocycles. The number of aromatic nitrogens is 1. The number of hydrazone groups is 1.